The predicted molar refractivity (Wildman–Crippen MR) is 57.7 cm³/mol. The first-order chi connectivity index (χ1) is 7.24. The first-order valence-corrected chi connectivity index (χ1v) is 5.05. The molecule has 0 radical (unpaired) electrons. The SMILES string of the molecule is CCC1Oc2ccc(CN)cc2NC1=O. The number of carbonyl (C=O) groups excluding carboxylic acids is 1. The number of benzene rings is 1. The van der Waals surface area contributed by atoms with Crippen LogP contribution in [0.25, 0.3) is 0 Å². The summed E-state index contributed by atoms with van der Waals surface area (Å²) in [5, 5.41) is 2.82. The summed E-state index contributed by atoms with van der Waals surface area (Å²) in [4.78, 5) is 11.5. The molecule has 0 saturated carbocycles. The van der Waals surface area contributed by atoms with E-state index in [2.05, 4.69) is 5.32 Å². The number of fused-ring (bicyclic) bond motifs is 1. The molecule has 2 rings (SSSR count). The monoisotopic (exact) mass is 206 g/mol. The molecule has 1 aromatic rings. The van der Waals surface area contributed by atoms with E-state index in [0.29, 0.717) is 18.7 Å². The number of hydrogen-bond donors (Lipinski definition) is 2. The normalized spacial score (nSPS) is 19.1. The Kier molecular flexibility index (Phi) is 2.60. The van der Waals surface area contributed by atoms with Crippen molar-refractivity contribution >= 4 is 11.6 Å². The zero-order valence-electron chi connectivity index (χ0n) is 8.62. The molecule has 0 aromatic heterocycles. The summed E-state index contributed by atoms with van der Waals surface area (Å²) < 4.78 is 5.54. The van der Waals surface area contributed by atoms with Crippen LogP contribution in [0.1, 0.15) is 18.9 Å². The third-order valence-corrected chi connectivity index (χ3v) is 2.47. The molecule has 4 heteroatoms. The van der Waals surface area contributed by atoms with Crippen molar-refractivity contribution in [1.82, 2.24) is 0 Å². The third-order valence-electron chi connectivity index (χ3n) is 2.47. The van der Waals surface area contributed by atoms with Gasteiger partial charge in [-0.3, -0.25) is 4.79 Å². The molecular weight excluding hydrogens is 192 g/mol. The van der Waals surface area contributed by atoms with Gasteiger partial charge < -0.3 is 15.8 Å². The first-order valence-electron chi connectivity index (χ1n) is 5.05. The number of anilines is 1. The smallest absolute Gasteiger partial charge is 0.265 e. The topological polar surface area (TPSA) is 64.3 Å². The predicted octanol–water partition coefficient (Wildman–Crippen LogP) is 1.25. The van der Waals surface area contributed by atoms with Crippen LogP contribution < -0.4 is 15.8 Å². The van der Waals surface area contributed by atoms with Crippen molar-refractivity contribution in [3.05, 3.63) is 23.8 Å². The summed E-state index contributed by atoms with van der Waals surface area (Å²) in [7, 11) is 0. The minimum Gasteiger partial charge on any atom is -0.478 e. The second-order valence-corrected chi connectivity index (χ2v) is 3.54. The summed E-state index contributed by atoms with van der Waals surface area (Å²) in [6, 6.07) is 5.60. The van der Waals surface area contributed by atoms with Gasteiger partial charge in [0.1, 0.15) is 5.75 Å². The maximum Gasteiger partial charge on any atom is 0.265 e. The van der Waals surface area contributed by atoms with Gasteiger partial charge in [-0.25, -0.2) is 0 Å². The van der Waals surface area contributed by atoms with Crippen molar-refractivity contribution in [2.75, 3.05) is 5.32 Å². The summed E-state index contributed by atoms with van der Waals surface area (Å²) in [5.74, 6) is 0.637. The van der Waals surface area contributed by atoms with Crippen LogP contribution in [0.3, 0.4) is 0 Å². The van der Waals surface area contributed by atoms with E-state index in [1.165, 1.54) is 0 Å². The summed E-state index contributed by atoms with van der Waals surface area (Å²) in [6.07, 6.45) is 0.297. The molecule has 3 N–H and O–H groups in total. The van der Waals surface area contributed by atoms with Crippen LogP contribution in [-0.4, -0.2) is 12.0 Å². The highest BCUT2D eigenvalue weighted by atomic mass is 16.5. The van der Waals surface area contributed by atoms with Gasteiger partial charge in [0, 0.05) is 6.54 Å². The third kappa shape index (κ3) is 1.80. The Morgan fingerprint density at radius 1 is 1.53 bits per heavy atom. The fourth-order valence-electron chi connectivity index (χ4n) is 1.59. The molecule has 1 aliphatic heterocycles. The second kappa shape index (κ2) is 3.90. The molecule has 0 bridgehead atoms. The molecule has 80 valence electrons. The highest BCUT2D eigenvalue weighted by Crippen LogP contribution is 2.30. The summed E-state index contributed by atoms with van der Waals surface area (Å²) >= 11 is 0. The van der Waals surface area contributed by atoms with E-state index in [1.54, 1.807) is 0 Å². The molecule has 1 aromatic carbocycles. The minimum atomic E-state index is -0.374. The number of amides is 1. The molecular formula is C11H14N2O2. The van der Waals surface area contributed by atoms with E-state index >= 15 is 0 Å². The van der Waals surface area contributed by atoms with Crippen molar-refractivity contribution in [2.24, 2.45) is 5.73 Å². The van der Waals surface area contributed by atoms with Crippen LogP contribution in [0.4, 0.5) is 5.69 Å². The first kappa shape index (κ1) is 9.98. The number of rotatable bonds is 2. The summed E-state index contributed by atoms with van der Waals surface area (Å²) in [6.45, 7) is 2.38. The number of ether oxygens (including phenoxy) is 1. The number of carbonyl (C=O) groups is 1. The van der Waals surface area contributed by atoms with Gasteiger partial charge in [0.25, 0.3) is 5.91 Å². The zero-order chi connectivity index (χ0) is 10.8. The van der Waals surface area contributed by atoms with Crippen molar-refractivity contribution in [3.8, 4) is 5.75 Å². The molecule has 0 aliphatic carbocycles. The van der Waals surface area contributed by atoms with Gasteiger partial charge in [0.15, 0.2) is 6.10 Å². The van der Waals surface area contributed by atoms with Gasteiger partial charge in [-0.1, -0.05) is 13.0 Å². The Hall–Kier alpha value is -1.55. The van der Waals surface area contributed by atoms with Gasteiger partial charge in [0.2, 0.25) is 0 Å². The number of nitrogens with two attached hydrogens (primary N) is 1. The molecule has 1 amide bonds. The standard InChI is InChI=1S/C11H14N2O2/c1-2-9-11(14)13-8-5-7(6-12)3-4-10(8)15-9/h3-5,9H,2,6,12H2,1H3,(H,13,14). The fourth-order valence-corrected chi connectivity index (χ4v) is 1.59. The van der Waals surface area contributed by atoms with Crippen LogP contribution in [-0.2, 0) is 11.3 Å². The van der Waals surface area contributed by atoms with Crippen molar-refractivity contribution in [2.45, 2.75) is 26.0 Å². The Labute approximate surface area is 88.4 Å². The Balaban J connectivity index is 2.32. The van der Waals surface area contributed by atoms with Gasteiger partial charge in [-0.15, -0.1) is 0 Å². The molecule has 4 nitrogen and oxygen atoms in total. The number of hydrogen-bond acceptors (Lipinski definition) is 3. The maximum absolute atomic E-state index is 11.5. The highest BCUT2D eigenvalue weighted by Gasteiger charge is 2.25. The lowest BCUT2D eigenvalue weighted by molar-refractivity contribution is -0.123. The van der Waals surface area contributed by atoms with E-state index in [4.69, 9.17) is 10.5 Å². The molecule has 0 spiro atoms. The van der Waals surface area contributed by atoms with Crippen LogP contribution >= 0.6 is 0 Å². The van der Waals surface area contributed by atoms with Crippen LogP contribution in [0, 0.1) is 0 Å². The molecule has 1 aliphatic rings. The molecule has 0 fully saturated rings. The molecule has 0 saturated heterocycles. The quantitative estimate of drug-likeness (QED) is 0.765. The lowest BCUT2D eigenvalue weighted by Crippen LogP contribution is -2.36. The summed E-state index contributed by atoms with van der Waals surface area (Å²) in [5.41, 5.74) is 7.21. The fraction of sp³-hybridized carbons (Fsp3) is 0.364. The van der Waals surface area contributed by atoms with Crippen LogP contribution in [0.5, 0.6) is 5.75 Å². The lowest BCUT2D eigenvalue weighted by atomic mass is 10.1. The molecule has 15 heavy (non-hydrogen) atoms. The van der Waals surface area contributed by atoms with Gasteiger partial charge in [-0.2, -0.15) is 0 Å². The lowest BCUT2D eigenvalue weighted by Gasteiger charge is -2.25. The van der Waals surface area contributed by atoms with Crippen molar-refractivity contribution < 1.29 is 9.53 Å². The van der Waals surface area contributed by atoms with E-state index in [-0.39, 0.29) is 12.0 Å². The van der Waals surface area contributed by atoms with Gasteiger partial charge in [0.05, 0.1) is 5.69 Å². The average molecular weight is 206 g/mol. The van der Waals surface area contributed by atoms with Crippen molar-refractivity contribution in [1.29, 1.82) is 0 Å². The van der Waals surface area contributed by atoms with E-state index in [9.17, 15) is 4.79 Å². The Bertz CT molecular complexity index is 390. The average Bonchev–Trinajstić information content (AvgIpc) is 2.27. The van der Waals surface area contributed by atoms with E-state index in [1.807, 2.05) is 25.1 Å². The Morgan fingerprint density at radius 3 is 3.00 bits per heavy atom. The van der Waals surface area contributed by atoms with E-state index in [0.717, 1.165) is 11.3 Å². The van der Waals surface area contributed by atoms with Crippen LogP contribution in [0.2, 0.25) is 0 Å². The molecule has 1 heterocycles. The van der Waals surface area contributed by atoms with Gasteiger partial charge >= 0.3 is 0 Å². The Morgan fingerprint density at radius 2 is 2.33 bits per heavy atom. The molecule has 1 unspecified atom stereocenters. The van der Waals surface area contributed by atoms with Gasteiger partial charge in [-0.05, 0) is 24.1 Å². The molecule has 1 atom stereocenters. The number of nitrogens with one attached hydrogen (secondary N) is 1. The minimum absolute atomic E-state index is 0.0841. The second-order valence-electron chi connectivity index (χ2n) is 3.54. The zero-order valence-corrected chi connectivity index (χ0v) is 8.62. The van der Waals surface area contributed by atoms with Crippen LogP contribution in [0.15, 0.2) is 18.2 Å². The van der Waals surface area contributed by atoms with Crippen molar-refractivity contribution in [3.63, 3.8) is 0 Å². The maximum atomic E-state index is 11.5. The highest BCUT2D eigenvalue weighted by molar-refractivity contribution is 5.97. The van der Waals surface area contributed by atoms with E-state index < -0.39 is 0 Å². The largest absolute Gasteiger partial charge is 0.478 e.